The molecule has 30 heavy (non-hydrogen) atoms. The second-order valence-corrected chi connectivity index (χ2v) is 7.37. The zero-order valence-electron chi connectivity index (χ0n) is 16.7. The topological polar surface area (TPSA) is 97.7 Å². The minimum absolute atomic E-state index is 0.129. The molecule has 0 spiro atoms. The maximum Gasteiger partial charge on any atom is 0.339 e. The first kappa shape index (κ1) is 20.3. The maximum atomic E-state index is 11.4. The van der Waals surface area contributed by atoms with Crippen molar-refractivity contribution in [2.24, 2.45) is 0 Å². The van der Waals surface area contributed by atoms with Gasteiger partial charge < -0.3 is 29.2 Å². The van der Waals surface area contributed by atoms with Gasteiger partial charge in [0.2, 0.25) is 5.75 Å². The van der Waals surface area contributed by atoms with E-state index < -0.39 is 12.1 Å². The Morgan fingerprint density at radius 3 is 2.80 bits per heavy atom. The van der Waals surface area contributed by atoms with Crippen LogP contribution in [0.5, 0.6) is 23.0 Å². The van der Waals surface area contributed by atoms with Crippen molar-refractivity contribution in [3.05, 3.63) is 47.5 Å². The molecule has 2 aliphatic rings. The number of carbonyl (C=O) groups is 1. The molecule has 4 rings (SSSR count). The molecule has 0 bridgehead atoms. The molecule has 2 N–H and O–H groups in total. The molecule has 1 fully saturated rings. The van der Waals surface area contributed by atoms with E-state index in [0.717, 1.165) is 5.56 Å². The van der Waals surface area contributed by atoms with Crippen molar-refractivity contribution < 1.29 is 34.0 Å². The summed E-state index contributed by atoms with van der Waals surface area (Å²) in [5.74, 6) is 1.11. The van der Waals surface area contributed by atoms with Crippen LogP contribution in [-0.4, -0.2) is 66.7 Å². The summed E-state index contributed by atoms with van der Waals surface area (Å²) in [6, 6.07) is 10.6. The van der Waals surface area contributed by atoms with Gasteiger partial charge in [-0.15, -0.1) is 0 Å². The van der Waals surface area contributed by atoms with Gasteiger partial charge in [0.15, 0.2) is 11.5 Å². The average Bonchev–Trinajstić information content (AvgIpc) is 2.75. The van der Waals surface area contributed by atoms with Crippen molar-refractivity contribution in [1.29, 1.82) is 0 Å². The van der Waals surface area contributed by atoms with Gasteiger partial charge >= 0.3 is 5.97 Å². The number of piperidine rings is 1. The summed E-state index contributed by atoms with van der Waals surface area (Å²) < 4.78 is 22.4. The monoisotopic (exact) mass is 415 g/mol. The van der Waals surface area contributed by atoms with Gasteiger partial charge in [-0.2, -0.15) is 0 Å². The van der Waals surface area contributed by atoms with Gasteiger partial charge in [-0.25, -0.2) is 4.79 Å². The number of para-hydroxylation sites is 1. The van der Waals surface area contributed by atoms with Crippen molar-refractivity contribution >= 4 is 5.97 Å². The van der Waals surface area contributed by atoms with E-state index in [1.807, 2.05) is 24.3 Å². The Morgan fingerprint density at radius 2 is 2.03 bits per heavy atom. The lowest BCUT2D eigenvalue weighted by Gasteiger charge is -2.36. The number of aliphatic hydroxyl groups excluding tert-OH is 1. The van der Waals surface area contributed by atoms with Crippen molar-refractivity contribution in [3.63, 3.8) is 0 Å². The third-order valence-electron chi connectivity index (χ3n) is 5.31. The van der Waals surface area contributed by atoms with Crippen LogP contribution in [0.4, 0.5) is 0 Å². The van der Waals surface area contributed by atoms with E-state index in [1.165, 1.54) is 7.11 Å². The second kappa shape index (κ2) is 8.81. The van der Waals surface area contributed by atoms with E-state index in [-0.39, 0.29) is 11.7 Å². The number of β-amino-alcohol motifs (C(OH)–C–C–N with tert-alkyl or cyclic N) is 1. The third-order valence-corrected chi connectivity index (χ3v) is 5.31. The molecule has 2 heterocycles. The number of carboxylic acids is 1. The second-order valence-electron chi connectivity index (χ2n) is 7.37. The number of hydrogen-bond acceptors (Lipinski definition) is 7. The van der Waals surface area contributed by atoms with Gasteiger partial charge in [0.05, 0.1) is 7.11 Å². The molecule has 2 aromatic rings. The first-order valence-corrected chi connectivity index (χ1v) is 9.91. The molecule has 1 saturated heterocycles. The normalized spacial score (nSPS) is 21.1. The Balaban J connectivity index is 1.39. The molecule has 0 amide bonds. The van der Waals surface area contributed by atoms with Crippen molar-refractivity contribution in [2.45, 2.75) is 25.2 Å². The van der Waals surface area contributed by atoms with Crippen molar-refractivity contribution in [2.75, 3.05) is 33.4 Å². The van der Waals surface area contributed by atoms with Crippen LogP contribution in [0.3, 0.4) is 0 Å². The minimum Gasteiger partial charge on any atom is -0.496 e. The molecule has 0 saturated carbocycles. The SMILES string of the molecule is COc1ccc(CN2CC[C@@H](Oc3cccc4c3OCCO4)[C@H](O)C2)cc1C(=O)O. The summed E-state index contributed by atoms with van der Waals surface area (Å²) in [6.45, 7) is 2.64. The lowest BCUT2D eigenvalue weighted by molar-refractivity contribution is -0.0290. The number of benzene rings is 2. The molecule has 8 nitrogen and oxygen atoms in total. The maximum absolute atomic E-state index is 11.4. The number of hydrogen-bond donors (Lipinski definition) is 2. The fraction of sp³-hybridized carbons (Fsp3) is 0.409. The molecule has 0 aliphatic carbocycles. The summed E-state index contributed by atoms with van der Waals surface area (Å²) in [6.07, 6.45) is -0.409. The number of carboxylic acid groups (broad SMARTS) is 1. The van der Waals surface area contributed by atoms with E-state index in [9.17, 15) is 15.0 Å². The van der Waals surface area contributed by atoms with Gasteiger partial charge in [0.1, 0.15) is 36.7 Å². The Bertz CT molecular complexity index is 916. The Morgan fingerprint density at radius 1 is 1.20 bits per heavy atom. The first-order chi connectivity index (χ1) is 14.5. The van der Waals surface area contributed by atoms with Crippen LogP contribution in [0, 0.1) is 0 Å². The minimum atomic E-state index is -1.03. The highest BCUT2D eigenvalue weighted by Crippen LogP contribution is 2.40. The molecule has 0 radical (unpaired) electrons. The smallest absolute Gasteiger partial charge is 0.339 e. The number of nitrogens with zero attached hydrogens (tertiary/aromatic N) is 1. The van der Waals surface area contributed by atoms with E-state index in [4.69, 9.17) is 18.9 Å². The predicted octanol–water partition coefficient (Wildman–Crippen LogP) is 2.18. The van der Waals surface area contributed by atoms with Crippen LogP contribution in [0.2, 0.25) is 0 Å². The summed E-state index contributed by atoms with van der Waals surface area (Å²) in [7, 11) is 1.45. The summed E-state index contributed by atoms with van der Waals surface area (Å²) in [4.78, 5) is 13.5. The van der Waals surface area contributed by atoms with E-state index >= 15 is 0 Å². The number of aromatic carboxylic acids is 1. The molecule has 2 aromatic carbocycles. The largest absolute Gasteiger partial charge is 0.496 e. The van der Waals surface area contributed by atoms with Crippen molar-refractivity contribution in [3.8, 4) is 23.0 Å². The third kappa shape index (κ3) is 4.29. The van der Waals surface area contributed by atoms with Crippen LogP contribution >= 0.6 is 0 Å². The standard InChI is InChI=1S/C22H25NO7/c1-27-17-6-5-14(11-15(17)22(25)26)12-23-8-7-18(16(24)13-23)30-20-4-2-3-19-21(20)29-10-9-28-19/h2-6,11,16,18,24H,7-10,12-13H2,1H3,(H,25,26)/t16-,18-/m1/s1. The van der Waals surface area contributed by atoms with E-state index in [2.05, 4.69) is 4.90 Å². The van der Waals surface area contributed by atoms with Crippen LogP contribution in [0.15, 0.2) is 36.4 Å². The lowest BCUT2D eigenvalue weighted by atomic mass is 10.0. The highest BCUT2D eigenvalue weighted by molar-refractivity contribution is 5.91. The van der Waals surface area contributed by atoms with Gasteiger partial charge in [0.25, 0.3) is 0 Å². The Labute approximate surface area is 174 Å². The van der Waals surface area contributed by atoms with Gasteiger partial charge in [-0.1, -0.05) is 12.1 Å². The highest BCUT2D eigenvalue weighted by atomic mass is 16.6. The van der Waals surface area contributed by atoms with Crippen LogP contribution in [0.25, 0.3) is 0 Å². The number of ether oxygens (including phenoxy) is 4. The molecule has 2 atom stereocenters. The number of methoxy groups -OCH3 is 1. The lowest BCUT2D eigenvalue weighted by Crippen LogP contribution is -2.48. The molecule has 0 unspecified atom stereocenters. The molecular formula is C22H25NO7. The Hall–Kier alpha value is -2.97. The number of rotatable bonds is 6. The van der Waals surface area contributed by atoms with Gasteiger partial charge in [-0.3, -0.25) is 4.90 Å². The predicted molar refractivity (Wildman–Crippen MR) is 108 cm³/mol. The summed E-state index contributed by atoms with van der Waals surface area (Å²) in [5, 5.41) is 20.0. The molecule has 8 heteroatoms. The fourth-order valence-corrected chi connectivity index (χ4v) is 3.84. The zero-order valence-corrected chi connectivity index (χ0v) is 16.7. The first-order valence-electron chi connectivity index (χ1n) is 9.91. The molecule has 2 aliphatic heterocycles. The average molecular weight is 415 g/mol. The van der Waals surface area contributed by atoms with E-state index in [0.29, 0.717) is 62.3 Å². The number of fused-ring (bicyclic) bond motifs is 1. The highest BCUT2D eigenvalue weighted by Gasteiger charge is 2.31. The van der Waals surface area contributed by atoms with Crippen molar-refractivity contribution in [1.82, 2.24) is 4.90 Å². The number of likely N-dealkylation sites (tertiary alicyclic amines) is 1. The quantitative estimate of drug-likeness (QED) is 0.741. The van der Waals surface area contributed by atoms with Crippen LogP contribution in [-0.2, 0) is 6.54 Å². The Kier molecular flexibility index (Phi) is 5.96. The number of aliphatic hydroxyl groups is 1. The zero-order chi connectivity index (χ0) is 21.1. The molecular weight excluding hydrogens is 390 g/mol. The summed E-state index contributed by atoms with van der Waals surface area (Å²) in [5.41, 5.74) is 0.979. The van der Waals surface area contributed by atoms with Gasteiger partial charge in [0, 0.05) is 19.6 Å². The molecule has 0 aromatic heterocycles. The molecule has 160 valence electrons. The fourth-order valence-electron chi connectivity index (χ4n) is 3.84. The van der Waals surface area contributed by atoms with Crippen LogP contribution in [0.1, 0.15) is 22.3 Å². The van der Waals surface area contributed by atoms with Gasteiger partial charge in [-0.05, 0) is 36.2 Å². The van der Waals surface area contributed by atoms with Crippen LogP contribution < -0.4 is 18.9 Å². The van der Waals surface area contributed by atoms with E-state index in [1.54, 1.807) is 12.1 Å². The summed E-state index contributed by atoms with van der Waals surface area (Å²) >= 11 is 0.